The highest BCUT2D eigenvalue weighted by Gasteiger charge is 2.47. The van der Waals surface area contributed by atoms with Crippen LogP contribution in [0.15, 0.2) is 36.4 Å². The van der Waals surface area contributed by atoms with E-state index in [-0.39, 0.29) is 37.4 Å². The third kappa shape index (κ3) is 9.87. The van der Waals surface area contributed by atoms with E-state index in [0.29, 0.717) is 18.2 Å². The van der Waals surface area contributed by atoms with Gasteiger partial charge >= 0.3 is 12.0 Å². The summed E-state index contributed by atoms with van der Waals surface area (Å²) >= 11 is 0. The van der Waals surface area contributed by atoms with Crippen molar-refractivity contribution in [1.82, 2.24) is 30.7 Å². The molecule has 9 atom stereocenters. The van der Waals surface area contributed by atoms with Crippen LogP contribution in [0.3, 0.4) is 0 Å². The predicted octanol–water partition coefficient (Wildman–Crippen LogP) is 1.06. The molecule has 2 aromatic carbocycles. The molecule has 61 heavy (non-hydrogen) atoms. The lowest BCUT2D eigenvalue weighted by Crippen LogP contribution is -2.63. The zero-order valence-corrected chi connectivity index (χ0v) is 35.1. The van der Waals surface area contributed by atoms with Crippen LogP contribution in [0.4, 0.5) is 25.0 Å². The number of carbonyl (C=O) groups is 7. The first kappa shape index (κ1) is 44.7. The molecule has 2 aromatic rings. The molecule has 0 radical (unpaired) electrons. The first-order valence-electron chi connectivity index (χ1n) is 20.6. The van der Waals surface area contributed by atoms with Crippen molar-refractivity contribution in [2.45, 2.75) is 108 Å². The molecule has 6 rings (SSSR count). The fourth-order valence-electron chi connectivity index (χ4n) is 8.79. The number of nitrogens with one attached hydrogen (secondary N) is 4. The van der Waals surface area contributed by atoms with Crippen LogP contribution in [-0.4, -0.2) is 144 Å². The molecule has 1 unspecified atom stereocenters. The monoisotopic (exact) mass is 852 g/mol. The predicted molar refractivity (Wildman–Crippen MR) is 217 cm³/mol. The molecule has 0 aromatic heterocycles. The Kier molecular flexibility index (Phi) is 13.5. The number of carbonyl (C=O) groups excluding carboxylic acids is 7. The van der Waals surface area contributed by atoms with Crippen molar-refractivity contribution in [1.29, 1.82) is 0 Å². The van der Waals surface area contributed by atoms with E-state index in [1.54, 1.807) is 12.1 Å². The van der Waals surface area contributed by atoms with Crippen LogP contribution in [0.1, 0.15) is 58.1 Å². The molecule has 5 N–H and O–H groups in total. The van der Waals surface area contributed by atoms with Gasteiger partial charge in [-0.2, -0.15) is 0 Å². The maximum Gasteiger partial charge on any atom is 0.329 e. The standard InChI is InChI=1S/C42H54F2N8O9/c1-21-14-33-41(59)61-24(4)34(40(58)51-12-7-8-32(51)39(57)50(6)35(23(3)53)37(55)45-22(2)38(56)52(33)20-21)48-36(54)30(17-25-15-27(43)19-28(44)16-25)47-42(60)46-29-9-10-31-26(18-29)11-13-49(31)5/h9-10,15-16,18-19,21-24,30,32-35,53H,7-8,11-14,17,20H2,1-6H3,(H,45,55)(H,48,54)(H2,46,47,60)/t21-,22+,23-,24+,30+,32+,33+,34+,35?/m1/s1. The Balaban J connectivity index is 1.33. The maximum atomic E-state index is 14.7. The summed E-state index contributed by atoms with van der Waals surface area (Å²) in [6.45, 7) is 6.89. The lowest BCUT2D eigenvalue weighted by molar-refractivity contribution is -0.163. The molecule has 4 heterocycles. The zero-order chi connectivity index (χ0) is 44.4. The minimum atomic E-state index is -1.69. The number of fused-ring (bicyclic) bond motifs is 3. The van der Waals surface area contributed by atoms with E-state index in [1.807, 2.05) is 20.0 Å². The Bertz CT molecular complexity index is 2050. The van der Waals surface area contributed by atoms with Crippen molar-refractivity contribution < 1.29 is 52.2 Å². The molecular weight excluding hydrogens is 799 g/mol. The van der Waals surface area contributed by atoms with Gasteiger partial charge in [0.05, 0.1) is 6.10 Å². The molecule has 0 spiro atoms. The van der Waals surface area contributed by atoms with Gasteiger partial charge in [-0.05, 0) is 93.8 Å². The van der Waals surface area contributed by atoms with E-state index in [2.05, 4.69) is 26.2 Å². The third-order valence-corrected chi connectivity index (χ3v) is 11.9. The van der Waals surface area contributed by atoms with Crippen molar-refractivity contribution in [2.75, 3.05) is 43.9 Å². The Labute approximate surface area is 352 Å². The van der Waals surface area contributed by atoms with Gasteiger partial charge < -0.3 is 50.7 Å². The van der Waals surface area contributed by atoms with Gasteiger partial charge in [-0.1, -0.05) is 6.92 Å². The van der Waals surface area contributed by atoms with E-state index in [1.165, 1.54) is 37.6 Å². The van der Waals surface area contributed by atoms with E-state index >= 15 is 0 Å². The SMILES string of the molecule is C[C@@H]1C[C@H]2C(=O)O[C@@H](C)[C@H](NC(=O)[C@H](Cc3cc(F)cc(F)c3)NC(=O)Nc3ccc4c(c3)CCN4C)C(=O)N3CCC[C@H]3C(=O)N(C)C([C@@H](C)O)C(=O)N[C@@H](C)C(=O)N2C1. The van der Waals surface area contributed by atoms with E-state index in [0.717, 1.165) is 41.2 Å². The van der Waals surface area contributed by atoms with Gasteiger partial charge in [-0.3, -0.25) is 24.0 Å². The Hall–Kier alpha value is -5.85. The third-order valence-electron chi connectivity index (χ3n) is 11.9. The summed E-state index contributed by atoms with van der Waals surface area (Å²) in [5.41, 5.74) is 2.42. The first-order valence-corrected chi connectivity index (χ1v) is 20.6. The number of likely N-dealkylation sites (N-methyl/N-ethyl adjacent to an activating group) is 2. The summed E-state index contributed by atoms with van der Waals surface area (Å²) in [5, 5.41) is 21.2. The largest absolute Gasteiger partial charge is 0.458 e. The smallest absolute Gasteiger partial charge is 0.329 e. The number of cyclic esters (lactones) is 1. The second-order valence-corrected chi connectivity index (χ2v) is 16.7. The van der Waals surface area contributed by atoms with Crippen molar-refractivity contribution in [3.05, 3.63) is 59.2 Å². The van der Waals surface area contributed by atoms with E-state index in [4.69, 9.17) is 4.74 Å². The van der Waals surface area contributed by atoms with Crippen LogP contribution in [0, 0.1) is 17.6 Å². The normalized spacial score (nSPS) is 27.2. The molecule has 17 nitrogen and oxygen atoms in total. The summed E-state index contributed by atoms with van der Waals surface area (Å²) in [7, 11) is 3.25. The highest BCUT2D eigenvalue weighted by molar-refractivity contribution is 5.99. The number of anilines is 2. The molecule has 330 valence electrons. The number of hydrogen-bond donors (Lipinski definition) is 5. The number of ether oxygens (including phenoxy) is 1. The highest BCUT2D eigenvalue weighted by Crippen LogP contribution is 2.30. The molecule has 7 amide bonds. The summed E-state index contributed by atoms with van der Waals surface area (Å²) in [5.74, 6) is -6.89. The van der Waals surface area contributed by atoms with Gasteiger partial charge in [0.15, 0.2) is 0 Å². The number of amides is 7. The van der Waals surface area contributed by atoms with Gasteiger partial charge in [0.2, 0.25) is 29.5 Å². The average Bonchev–Trinajstić information content (AvgIpc) is 3.93. The van der Waals surface area contributed by atoms with E-state index in [9.17, 15) is 47.4 Å². The molecule has 4 aliphatic rings. The molecule has 3 fully saturated rings. The van der Waals surface area contributed by atoms with Crippen LogP contribution in [0.5, 0.6) is 0 Å². The second-order valence-electron chi connectivity index (χ2n) is 16.7. The van der Waals surface area contributed by atoms with Gasteiger partial charge in [0, 0.05) is 57.6 Å². The van der Waals surface area contributed by atoms with Gasteiger partial charge in [-0.25, -0.2) is 18.4 Å². The Morgan fingerprint density at radius 3 is 2.33 bits per heavy atom. The average molecular weight is 853 g/mol. The summed E-state index contributed by atoms with van der Waals surface area (Å²) in [6, 6.07) is -1.05. The molecule has 3 saturated heterocycles. The summed E-state index contributed by atoms with van der Waals surface area (Å²) in [6.07, 6.45) is -1.84. The lowest BCUT2D eigenvalue weighted by atomic mass is 10.0. The van der Waals surface area contributed by atoms with Crippen LogP contribution in [0.2, 0.25) is 0 Å². The van der Waals surface area contributed by atoms with Crippen molar-refractivity contribution in [3.8, 4) is 0 Å². The quantitative estimate of drug-likeness (QED) is 0.250. The minimum absolute atomic E-state index is 0.00148. The van der Waals surface area contributed by atoms with Gasteiger partial charge in [0.25, 0.3) is 0 Å². The van der Waals surface area contributed by atoms with Crippen molar-refractivity contribution in [3.63, 3.8) is 0 Å². The van der Waals surface area contributed by atoms with E-state index < -0.39 is 108 Å². The number of nitrogens with zero attached hydrogens (tertiary/aromatic N) is 4. The second kappa shape index (κ2) is 18.4. The molecule has 19 heteroatoms. The number of benzene rings is 2. The molecular formula is C42H54F2N8O9. The topological polar surface area (TPSA) is 210 Å². The van der Waals surface area contributed by atoms with Crippen LogP contribution >= 0.6 is 0 Å². The Morgan fingerprint density at radius 1 is 0.934 bits per heavy atom. The van der Waals surface area contributed by atoms with Crippen molar-refractivity contribution in [2.24, 2.45) is 5.92 Å². The maximum absolute atomic E-state index is 14.7. The number of esters is 1. The number of aliphatic hydroxyl groups excluding tert-OH is 1. The summed E-state index contributed by atoms with van der Waals surface area (Å²) in [4.78, 5) is 104. The lowest BCUT2D eigenvalue weighted by Gasteiger charge is -2.37. The number of rotatable bonds is 7. The molecule has 0 bridgehead atoms. The molecule has 4 aliphatic heterocycles. The van der Waals surface area contributed by atoms with Gasteiger partial charge in [0.1, 0.15) is 54.0 Å². The first-order chi connectivity index (χ1) is 28.8. The zero-order valence-electron chi connectivity index (χ0n) is 35.1. The number of aliphatic hydroxyl groups is 1. The van der Waals surface area contributed by atoms with Crippen LogP contribution in [0.25, 0.3) is 0 Å². The number of urea groups is 1. The molecule has 0 saturated carbocycles. The highest BCUT2D eigenvalue weighted by atomic mass is 19.1. The minimum Gasteiger partial charge on any atom is -0.458 e. The van der Waals surface area contributed by atoms with Gasteiger partial charge in [-0.15, -0.1) is 0 Å². The number of halogens is 2. The van der Waals surface area contributed by atoms with Crippen LogP contribution < -0.4 is 26.2 Å². The fourth-order valence-corrected chi connectivity index (χ4v) is 8.79. The van der Waals surface area contributed by atoms with Crippen molar-refractivity contribution >= 4 is 52.9 Å². The number of hydrogen-bond acceptors (Lipinski definition) is 10. The Morgan fingerprint density at radius 2 is 1.64 bits per heavy atom. The van der Waals surface area contributed by atoms with Crippen LogP contribution in [-0.2, 0) is 46.3 Å². The summed E-state index contributed by atoms with van der Waals surface area (Å²) < 4.78 is 34.7. The fraction of sp³-hybridized carbons (Fsp3) is 0.548. The molecule has 0 aliphatic carbocycles.